The van der Waals surface area contributed by atoms with E-state index in [1.165, 1.54) is 18.5 Å². The quantitative estimate of drug-likeness (QED) is 0.878. The molecular formula is C15H23N3O. The summed E-state index contributed by atoms with van der Waals surface area (Å²) in [4.78, 5) is 2.54. The summed E-state index contributed by atoms with van der Waals surface area (Å²) < 4.78 is 5.37. The Bertz CT molecular complexity index is 378. The van der Waals surface area contributed by atoms with Gasteiger partial charge in [0.15, 0.2) is 0 Å². The van der Waals surface area contributed by atoms with E-state index in [4.69, 9.17) is 4.74 Å². The number of nitrogens with zero attached hydrogens (tertiary/aromatic N) is 2. The van der Waals surface area contributed by atoms with E-state index in [0.717, 1.165) is 39.4 Å². The third-order valence-electron chi connectivity index (χ3n) is 3.90. The molecule has 2 aliphatic rings. The van der Waals surface area contributed by atoms with Crippen molar-refractivity contribution in [1.82, 2.24) is 15.3 Å². The zero-order valence-corrected chi connectivity index (χ0v) is 11.4. The highest BCUT2D eigenvalue weighted by molar-refractivity contribution is 5.14. The third kappa shape index (κ3) is 3.76. The second-order valence-electron chi connectivity index (χ2n) is 5.43. The smallest absolute Gasteiger partial charge is 0.0608 e. The summed E-state index contributed by atoms with van der Waals surface area (Å²) >= 11 is 0. The van der Waals surface area contributed by atoms with Crippen molar-refractivity contribution in [2.45, 2.75) is 19.0 Å². The zero-order valence-electron chi connectivity index (χ0n) is 11.4. The highest BCUT2D eigenvalue weighted by Gasteiger charge is 2.24. The maximum Gasteiger partial charge on any atom is 0.0608 e. The number of hydrazine groups is 1. The van der Waals surface area contributed by atoms with Crippen molar-refractivity contribution in [1.29, 1.82) is 0 Å². The van der Waals surface area contributed by atoms with Crippen molar-refractivity contribution in [3.63, 3.8) is 0 Å². The molecule has 3 rings (SSSR count). The lowest BCUT2D eigenvalue weighted by molar-refractivity contribution is 0.00434. The minimum Gasteiger partial charge on any atom is -0.379 e. The Kier molecular flexibility index (Phi) is 4.45. The van der Waals surface area contributed by atoms with Crippen LogP contribution in [0.5, 0.6) is 0 Å². The lowest BCUT2D eigenvalue weighted by Crippen LogP contribution is -2.50. The number of rotatable bonds is 4. The molecule has 0 aliphatic carbocycles. The van der Waals surface area contributed by atoms with Crippen molar-refractivity contribution in [3.05, 3.63) is 35.9 Å². The van der Waals surface area contributed by atoms with E-state index in [2.05, 4.69) is 45.7 Å². The van der Waals surface area contributed by atoms with E-state index in [0.29, 0.717) is 6.04 Å². The van der Waals surface area contributed by atoms with E-state index < -0.39 is 0 Å². The molecule has 1 aromatic carbocycles. The van der Waals surface area contributed by atoms with Gasteiger partial charge in [-0.25, -0.2) is 5.01 Å². The van der Waals surface area contributed by atoms with Gasteiger partial charge in [-0.3, -0.25) is 10.3 Å². The number of benzene rings is 1. The SMILES string of the molecule is c1ccc(CN2CCC(NN3CCOCC3)C2)cc1. The minimum absolute atomic E-state index is 0.599. The monoisotopic (exact) mass is 261 g/mol. The molecule has 0 spiro atoms. The molecule has 0 aromatic heterocycles. The second kappa shape index (κ2) is 6.48. The Morgan fingerprint density at radius 3 is 2.68 bits per heavy atom. The highest BCUT2D eigenvalue weighted by atomic mass is 16.5. The molecule has 1 aromatic rings. The number of nitrogens with one attached hydrogen (secondary N) is 1. The van der Waals surface area contributed by atoms with Gasteiger partial charge in [-0.15, -0.1) is 0 Å². The van der Waals surface area contributed by atoms with Crippen molar-refractivity contribution < 1.29 is 4.74 Å². The lowest BCUT2D eigenvalue weighted by Gasteiger charge is -2.30. The number of likely N-dealkylation sites (tertiary alicyclic amines) is 1. The van der Waals surface area contributed by atoms with Crippen LogP contribution in [-0.4, -0.2) is 55.3 Å². The second-order valence-corrected chi connectivity index (χ2v) is 5.43. The van der Waals surface area contributed by atoms with Crippen molar-refractivity contribution in [3.8, 4) is 0 Å². The van der Waals surface area contributed by atoms with Crippen molar-refractivity contribution >= 4 is 0 Å². The Hall–Kier alpha value is -0.940. The Balaban J connectivity index is 1.44. The summed E-state index contributed by atoms with van der Waals surface area (Å²) in [5.41, 5.74) is 5.06. The summed E-state index contributed by atoms with van der Waals surface area (Å²) in [7, 11) is 0. The molecule has 2 fully saturated rings. The summed E-state index contributed by atoms with van der Waals surface area (Å²) in [5, 5.41) is 2.32. The van der Waals surface area contributed by atoms with Gasteiger partial charge in [-0.1, -0.05) is 30.3 Å². The molecule has 2 aliphatic heterocycles. The number of ether oxygens (including phenoxy) is 1. The molecule has 4 heteroatoms. The summed E-state index contributed by atoms with van der Waals surface area (Å²) in [6, 6.07) is 11.3. The van der Waals surface area contributed by atoms with Crippen LogP contribution in [0, 0.1) is 0 Å². The molecular weight excluding hydrogens is 238 g/mol. The average Bonchev–Trinajstić information content (AvgIpc) is 2.88. The standard InChI is InChI=1S/C15H23N3O/c1-2-4-14(5-3-1)12-17-7-6-15(13-17)16-18-8-10-19-11-9-18/h1-5,15-16H,6-13H2. The summed E-state index contributed by atoms with van der Waals surface area (Å²) in [6.45, 7) is 7.14. The van der Waals surface area contributed by atoms with Crippen molar-refractivity contribution in [2.75, 3.05) is 39.4 Å². The topological polar surface area (TPSA) is 27.7 Å². The predicted molar refractivity (Wildman–Crippen MR) is 75.7 cm³/mol. The first-order chi connectivity index (χ1) is 9.40. The first kappa shape index (κ1) is 13.1. The molecule has 0 radical (unpaired) electrons. The van der Waals surface area contributed by atoms with E-state index in [-0.39, 0.29) is 0 Å². The van der Waals surface area contributed by atoms with Gasteiger partial charge in [0.25, 0.3) is 0 Å². The molecule has 0 bridgehead atoms. The van der Waals surface area contributed by atoms with Crippen LogP contribution in [0.4, 0.5) is 0 Å². The van der Waals surface area contributed by atoms with Crippen LogP contribution in [0.2, 0.25) is 0 Å². The molecule has 1 atom stereocenters. The van der Waals surface area contributed by atoms with Gasteiger partial charge >= 0.3 is 0 Å². The van der Waals surface area contributed by atoms with E-state index in [1.807, 2.05) is 0 Å². The number of hydrogen-bond acceptors (Lipinski definition) is 4. The fourth-order valence-electron chi connectivity index (χ4n) is 2.87. The van der Waals surface area contributed by atoms with Gasteiger partial charge in [0.05, 0.1) is 13.2 Å². The third-order valence-corrected chi connectivity index (χ3v) is 3.90. The lowest BCUT2D eigenvalue weighted by atomic mass is 10.2. The maximum absolute atomic E-state index is 5.37. The van der Waals surface area contributed by atoms with Crippen molar-refractivity contribution in [2.24, 2.45) is 0 Å². The first-order valence-corrected chi connectivity index (χ1v) is 7.25. The Morgan fingerprint density at radius 1 is 1.11 bits per heavy atom. The molecule has 0 saturated carbocycles. The van der Waals surface area contributed by atoms with Crippen LogP contribution < -0.4 is 5.43 Å². The summed E-state index contributed by atoms with van der Waals surface area (Å²) in [6.07, 6.45) is 1.24. The molecule has 104 valence electrons. The minimum atomic E-state index is 0.599. The molecule has 2 saturated heterocycles. The largest absolute Gasteiger partial charge is 0.379 e. The van der Waals surface area contributed by atoms with E-state index in [1.54, 1.807) is 0 Å². The van der Waals surface area contributed by atoms with Gasteiger partial charge in [-0.2, -0.15) is 0 Å². The van der Waals surface area contributed by atoms with Crippen LogP contribution in [-0.2, 0) is 11.3 Å². The Morgan fingerprint density at radius 2 is 1.89 bits per heavy atom. The van der Waals surface area contributed by atoms with E-state index >= 15 is 0 Å². The van der Waals surface area contributed by atoms with Crippen LogP contribution in [0.3, 0.4) is 0 Å². The van der Waals surface area contributed by atoms with Gasteiger partial charge in [0.2, 0.25) is 0 Å². The van der Waals surface area contributed by atoms with Gasteiger partial charge in [-0.05, 0) is 12.0 Å². The predicted octanol–water partition coefficient (Wildman–Crippen LogP) is 1.10. The molecule has 4 nitrogen and oxygen atoms in total. The van der Waals surface area contributed by atoms with Gasteiger partial charge < -0.3 is 4.74 Å². The normalized spacial score (nSPS) is 25.8. The fraction of sp³-hybridized carbons (Fsp3) is 0.600. The van der Waals surface area contributed by atoms with Crippen LogP contribution in [0.1, 0.15) is 12.0 Å². The average molecular weight is 261 g/mol. The fourth-order valence-corrected chi connectivity index (χ4v) is 2.87. The van der Waals surface area contributed by atoms with Gasteiger partial charge in [0.1, 0.15) is 0 Å². The number of morpholine rings is 1. The van der Waals surface area contributed by atoms with Gasteiger partial charge in [0, 0.05) is 38.8 Å². The highest BCUT2D eigenvalue weighted by Crippen LogP contribution is 2.14. The molecule has 1 unspecified atom stereocenters. The molecule has 2 heterocycles. The maximum atomic E-state index is 5.37. The molecule has 1 N–H and O–H groups in total. The Labute approximate surface area is 115 Å². The van der Waals surface area contributed by atoms with Crippen LogP contribution in [0.15, 0.2) is 30.3 Å². The van der Waals surface area contributed by atoms with E-state index in [9.17, 15) is 0 Å². The van der Waals surface area contributed by atoms with Crippen LogP contribution in [0.25, 0.3) is 0 Å². The first-order valence-electron chi connectivity index (χ1n) is 7.25. The molecule has 19 heavy (non-hydrogen) atoms. The van der Waals surface area contributed by atoms with Crippen LogP contribution >= 0.6 is 0 Å². The summed E-state index contributed by atoms with van der Waals surface area (Å²) in [5.74, 6) is 0. The zero-order chi connectivity index (χ0) is 12.9. The number of hydrogen-bond donors (Lipinski definition) is 1. The molecule has 0 amide bonds.